The molecule has 4 aromatic carbocycles. The summed E-state index contributed by atoms with van der Waals surface area (Å²) in [5.41, 5.74) is 11.8. The van der Waals surface area contributed by atoms with E-state index in [9.17, 15) is 0 Å². The van der Waals surface area contributed by atoms with Crippen molar-refractivity contribution in [1.29, 1.82) is 0 Å². The van der Waals surface area contributed by atoms with Crippen LogP contribution in [0.25, 0.3) is 5.70 Å². The molecule has 5 rings (SSSR count). The summed E-state index contributed by atoms with van der Waals surface area (Å²) in [4.78, 5) is 5.00. The van der Waals surface area contributed by atoms with E-state index >= 15 is 0 Å². The van der Waals surface area contributed by atoms with Crippen molar-refractivity contribution in [3.8, 4) is 0 Å². The van der Waals surface area contributed by atoms with Gasteiger partial charge in [0.2, 0.25) is 0 Å². The second kappa shape index (κ2) is 15.3. The lowest BCUT2D eigenvalue weighted by Gasteiger charge is -2.17. The van der Waals surface area contributed by atoms with Gasteiger partial charge < -0.3 is 5.32 Å². The number of rotatable bonds is 10. The van der Waals surface area contributed by atoms with Crippen LogP contribution in [0.15, 0.2) is 155 Å². The molecule has 0 saturated heterocycles. The highest BCUT2D eigenvalue weighted by molar-refractivity contribution is 6.32. The van der Waals surface area contributed by atoms with Gasteiger partial charge in [-0.1, -0.05) is 132 Å². The van der Waals surface area contributed by atoms with Crippen LogP contribution in [0.2, 0.25) is 0 Å². The van der Waals surface area contributed by atoms with Crippen LogP contribution in [-0.2, 0) is 13.1 Å². The number of quaternary nitrogens is 1. The first-order chi connectivity index (χ1) is 21.0. The molecular weight excluding hydrogens is 544 g/mol. The van der Waals surface area contributed by atoms with E-state index in [1.807, 2.05) is 6.07 Å². The molecule has 0 radical (unpaired) electrons. The van der Waals surface area contributed by atoms with Crippen molar-refractivity contribution in [3.63, 3.8) is 0 Å². The third-order valence-electron chi connectivity index (χ3n) is 7.77. The predicted molar refractivity (Wildman–Crippen MR) is 183 cm³/mol. The summed E-state index contributed by atoms with van der Waals surface area (Å²) in [6, 6.07) is 38.3. The highest BCUT2D eigenvalue weighted by atomic mass is 35.5. The molecule has 1 aliphatic rings. The third kappa shape index (κ3) is 8.88. The van der Waals surface area contributed by atoms with Gasteiger partial charge in [-0.05, 0) is 79.7 Å². The van der Waals surface area contributed by atoms with Crippen molar-refractivity contribution in [2.75, 3.05) is 0 Å². The molecule has 4 aromatic rings. The van der Waals surface area contributed by atoms with Crippen LogP contribution in [0.1, 0.15) is 52.6 Å². The summed E-state index contributed by atoms with van der Waals surface area (Å²) >= 11 is 7.08. The van der Waals surface area contributed by atoms with E-state index < -0.39 is 0 Å². The number of allylic oxidation sites excluding steroid dienone is 7. The number of nitrogens with two attached hydrogens (primary N) is 1. The van der Waals surface area contributed by atoms with Crippen LogP contribution in [-0.4, -0.2) is 5.71 Å². The maximum atomic E-state index is 7.08. The fourth-order valence-electron chi connectivity index (χ4n) is 5.17. The van der Waals surface area contributed by atoms with Gasteiger partial charge in [0.25, 0.3) is 0 Å². The first kappa shape index (κ1) is 30.2. The lowest BCUT2D eigenvalue weighted by atomic mass is 9.93. The molecular formula is C40H40ClN2+. The van der Waals surface area contributed by atoms with Gasteiger partial charge in [0, 0.05) is 16.2 Å². The van der Waals surface area contributed by atoms with Crippen molar-refractivity contribution in [2.45, 2.75) is 46.2 Å². The molecule has 1 aliphatic carbocycles. The Labute approximate surface area is 261 Å². The summed E-state index contributed by atoms with van der Waals surface area (Å²) in [7, 11) is 0. The second-order valence-corrected chi connectivity index (χ2v) is 11.5. The van der Waals surface area contributed by atoms with Gasteiger partial charge in [0.05, 0.1) is 12.3 Å². The number of hydrogen-bond acceptors (Lipinski definition) is 1. The van der Waals surface area contributed by atoms with Gasteiger partial charge >= 0.3 is 0 Å². The molecule has 2 nitrogen and oxygen atoms in total. The van der Waals surface area contributed by atoms with Crippen LogP contribution < -0.4 is 5.32 Å². The second-order valence-electron chi connectivity index (χ2n) is 11.2. The number of nitrogens with zero attached hydrogens (tertiary/aromatic N) is 1. The first-order valence-corrected chi connectivity index (χ1v) is 15.5. The minimum atomic E-state index is 0.637. The van der Waals surface area contributed by atoms with Crippen LogP contribution in [0.3, 0.4) is 0 Å². The summed E-state index contributed by atoms with van der Waals surface area (Å²) in [5.74, 6) is 0. The summed E-state index contributed by atoms with van der Waals surface area (Å²) < 4.78 is 0. The normalized spacial score (nSPS) is 15.5. The molecule has 216 valence electrons. The smallest absolute Gasteiger partial charge is 0.137 e. The van der Waals surface area contributed by atoms with Crippen molar-refractivity contribution >= 4 is 23.0 Å². The highest BCUT2D eigenvalue weighted by Crippen LogP contribution is 2.33. The molecule has 0 heterocycles. The van der Waals surface area contributed by atoms with Crippen molar-refractivity contribution < 1.29 is 5.32 Å². The Morgan fingerprint density at radius 2 is 1.35 bits per heavy atom. The van der Waals surface area contributed by atoms with Gasteiger partial charge in [-0.2, -0.15) is 0 Å². The fraction of sp³-hybridized carbons (Fsp3) is 0.175. The molecule has 2 N–H and O–H groups in total. The van der Waals surface area contributed by atoms with Crippen molar-refractivity contribution in [3.05, 3.63) is 183 Å². The van der Waals surface area contributed by atoms with Crippen LogP contribution in [0, 0.1) is 13.8 Å². The van der Waals surface area contributed by atoms with Crippen molar-refractivity contribution in [2.24, 2.45) is 4.99 Å². The van der Waals surface area contributed by atoms with E-state index in [0.29, 0.717) is 6.54 Å². The fourth-order valence-corrected chi connectivity index (χ4v) is 5.49. The zero-order chi connectivity index (χ0) is 29.9. The summed E-state index contributed by atoms with van der Waals surface area (Å²) in [6.45, 7) is 5.75. The van der Waals surface area contributed by atoms with Crippen LogP contribution in [0.4, 0.5) is 0 Å². The van der Waals surface area contributed by atoms with E-state index in [0.717, 1.165) is 47.7 Å². The van der Waals surface area contributed by atoms with Gasteiger partial charge in [-0.15, -0.1) is 0 Å². The Morgan fingerprint density at radius 1 is 0.744 bits per heavy atom. The zero-order valence-corrected chi connectivity index (χ0v) is 25.9. The van der Waals surface area contributed by atoms with Gasteiger partial charge in [-0.25, -0.2) is 0 Å². The predicted octanol–water partition coefficient (Wildman–Crippen LogP) is 9.26. The molecule has 0 saturated carbocycles. The largest absolute Gasteiger partial charge is 0.310 e. The molecule has 0 amide bonds. The molecule has 0 unspecified atom stereocenters. The SMILES string of the molecule is Cc1ccc(C(/C=C/C2=C(Cl)C(=C/C=C(/[NH2+]Cc3ccccc3)c3ccc(C)cc3)/CCC2)=NCc2ccccc2)cc1. The van der Waals surface area contributed by atoms with Crippen LogP contribution in [0.5, 0.6) is 0 Å². The Kier molecular flexibility index (Phi) is 10.8. The number of hydrogen-bond donors (Lipinski definition) is 1. The Balaban J connectivity index is 1.41. The molecule has 0 spiro atoms. The number of aryl methyl sites for hydroxylation is 2. The Morgan fingerprint density at radius 3 is 2.00 bits per heavy atom. The molecule has 43 heavy (non-hydrogen) atoms. The van der Waals surface area contributed by atoms with E-state index in [4.69, 9.17) is 16.6 Å². The topological polar surface area (TPSA) is 29.0 Å². The number of benzene rings is 4. The Hall–Kier alpha value is -4.24. The summed E-state index contributed by atoms with van der Waals surface area (Å²) in [5, 5.41) is 3.17. The van der Waals surface area contributed by atoms with Gasteiger partial charge in [0.15, 0.2) is 0 Å². The zero-order valence-electron chi connectivity index (χ0n) is 25.1. The monoisotopic (exact) mass is 583 g/mol. The lowest BCUT2D eigenvalue weighted by Crippen LogP contribution is -2.79. The highest BCUT2D eigenvalue weighted by Gasteiger charge is 2.15. The van der Waals surface area contributed by atoms with E-state index in [1.54, 1.807) is 0 Å². The van der Waals surface area contributed by atoms with E-state index in [2.05, 4.69) is 147 Å². The average molecular weight is 584 g/mol. The van der Waals surface area contributed by atoms with E-state index in [1.165, 1.54) is 39.1 Å². The minimum absolute atomic E-state index is 0.637. The summed E-state index contributed by atoms with van der Waals surface area (Å²) in [6.07, 6.45) is 11.8. The Bertz CT molecular complexity index is 1640. The first-order valence-electron chi connectivity index (χ1n) is 15.1. The molecule has 0 aliphatic heterocycles. The van der Waals surface area contributed by atoms with Crippen LogP contribution >= 0.6 is 11.6 Å². The lowest BCUT2D eigenvalue weighted by molar-refractivity contribution is -0.580. The molecule has 0 atom stereocenters. The molecule has 0 aromatic heterocycles. The number of halogens is 1. The van der Waals surface area contributed by atoms with Gasteiger partial charge in [0.1, 0.15) is 12.2 Å². The minimum Gasteiger partial charge on any atom is -0.310 e. The third-order valence-corrected chi connectivity index (χ3v) is 8.26. The standard InChI is InChI=1S/C40H39ClN2/c1-30-16-20-34(21-17-30)38(42-28-32-10-5-3-6-11-32)26-24-36-14-9-15-37(40(36)41)25-27-39(35-22-18-31(2)19-23-35)43-29-33-12-7-4-8-13-33/h3-8,10-13,16-27,42H,9,14-15,28-29H2,1-2H3/p+1/b27-25+,36-24+,38-26+,43-39?. The average Bonchev–Trinajstić information content (AvgIpc) is 3.04. The maximum absolute atomic E-state index is 7.08. The van der Waals surface area contributed by atoms with Crippen molar-refractivity contribution in [1.82, 2.24) is 0 Å². The molecule has 3 heteroatoms. The van der Waals surface area contributed by atoms with Gasteiger partial charge in [-0.3, -0.25) is 4.99 Å². The quantitative estimate of drug-likeness (QED) is 0.180. The molecule has 0 bridgehead atoms. The molecule has 0 fully saturated rings. The number of aliphatic imine (C=N–C) groups is 1. The van der Waals surface area contributed by atoms with E-state index in [-0.39, 0.29) is 0 Å². The maximum Gasteiger partial charge on any atom is 0.137 e.